The van der Waals surface area contributed by atoms with E-state index >= 15 is 0 Å². The fourth-order valence-electron chi connectivity index (χ4n) is 2.62. The second-order valence-corrected chi connectivity index (χ2v) is 5.82. The van der Waals surface area contributed by atoms with Crippen molar-refractivity contribution in [1.29, 1.82) is 0 Å². The zero-order valence-corrected chi connectivity index (χ0v) is 12.9. The summed E-state index contributed by atoms with van der Waals surface area (Å²) in [6, 6.07) is 5.74. The maximum Gasteiger partial charge on any atom is 0.123 e. The van der Waals surface area contributed by atoms with Crippen molar-refractivity contribution >= 4 is 11.6 Å². The minimum Gasteiger partial charge on any atom is -0.496 e. The number of methoxy groups -OCH3 is 1. The number of benzene rings is 1. The Kier molecular flexibility index (Phi) is 5.66. The molecule has 1 N–H and O–H groups in total. The average molecular weight is 299 g/mol. The lowest BCUT2D eigenvalue weighted by Crippen LogP contribution is -2.47. The first-order valence-electron chi connectivity index (χ1n) is 7.03. The highest BCUT2D eigenvalue weighted by molar-refractivity contribution is 6.30. The van der Waals surface area contributed by atoms with Gasteiger partial charge in [-0.05, 0) is 25.1 Å². The summed E-state index contributed by atoms with van der Waals surface area (Å²) in [6.07, 6.45) is -0.255. The fourth-order valence-corrected chi connectivity index (χ4v) is 2.81. The molecule has 1 aromatic rings. The predicted molar refractivity (Wildman–Crippen MR) is 81.4 cm³/mol. The summed E-state index contributed by atoms with van der Waals surface area (Å²) in [7, 11) is 1.69. The van der Waals surface area contributed by atoms with E-state index in [4.69, 9.17) is 16.3 Å². The molecule has 0 spiro atoms. The van der Waals surface area contributed by atoms with E-state index in [1.807, 2.05) is 25.1 Å². The molecule has 1 aromatic carbocycles. The number of β-amino-alcohol motifs (C(OH)–C–C–N with tert-alkyl or cyclic N) is 1. The van der Waals surface area contributed by atoms with Crippen LogP contribution in [-0.4, -0.2) is 60.8 Å². The van der Waals surface area contributed by atoms with Crippen LogP contribution in [0.5, 0.6) is 5.75 Å². The number of hydrogen-bond donors (Lipinski definition) is 1. The number of hydrogen-bond acceptors (Lipinski definition) is 4. The van der Waals surface area contributed by atoms with Crippen molar-refractivity contribution < 1.29 is 9.84 Å². The second kappa shape index (κ2) is 7.27. The fraction of sp³-hybridized carbons (Fsp3) is 0.600. The Bertz CT molecular complexity index is 432. The van der Waals surface area contributed by atoms with Gasteiger partial charge in [-0.3, -0.25) is 9.80 Å². The summed E-state index contributed by atoms with van der Waals surface area (Å²) in [4.78, 5) is 4.70. The van der Waals surface area contributed by atoms with Gasteiger partial charge in [-0.1, -0.05) is 11.6 Å². The molecule has 2 rings (SSSR count). The van der Waals surface area contributed by atoms with Crippen molar-refractivity contribution in [2.24, 2.45) is 0 Å². The maximum atomic E-state index is 9.42. The van der Waals surface area contributed by atoms with Gasteiger partial charge in [-0.25, -0.2) is 0 Å². The molecule has 0 bridgehead atoms. The Hall–Kier alpha value is -0.810. The molecule has 0 amide bonds. The van der Waals surface area contributed by atoms with Crippen LogP contribution in [0.1, 0.15) is 12.5 Å². The Morgan fingerprint density at radius 2 is 1.90 bits per heavy atom. The van der Waals surface area contributed by atoms with Gasteiger partial charge < -0.3 is 9.84 Å². The van der Waals surface area contributed by atoms with Crippen molar-refractivity contribution in [2.45, 2.75) is 19.6 Å². The molecule has 1 aliphatic heterocycles. The zero-order valence-electron chi connectivity index (χ0n) is 12.2. The first kappa shape index (κ1) is 15.6. The number of rotatable bonds is 5. The lowest BCUT2D eigenvalue weighted by atomic mass is 10.1. The third kappa shape index (κ3) is 4.35. The molecule has 20 heavy (non-hydrogen) atoms. The molecule has 1 fully saturated rings. The molecule has 0 aromatic heterocycles. The van der Waals surface area contributed by atoms with E-state index in [9.17, 15) is 5.11 Å². The van der Waals surface area contributed by atoms with Crippen molar-refractivity contribution in [3.63, 3.8) is 0 Å². The highest BCUT2D eigenvalue weighted by Crippen LogP contribution is 2.24. The van der Waals surface area contributed by atoms with E-state index in [1.54, 1.807) is 7.11 Å². The molecule has 0 saturated carbocycles. The van der Waals surface area contributed by atoms with Crippen LogP contribution in [0, 0.1) is 0 Å². The predicted octanol–water partition coefficient (Wildman–Crippen LogP) is 1.85. The number of halogens is 1. The van der Waals surface area contributed by atoms with Crippen LogP contribution < -0.4 is 4.74 Å². The second-order valence-electron chi connectivity index (χ2n) is 5.38. The number of aliphatic hydroxyl groups is 1. The van der Waals surface area contributed by atoms with Gasteiger partial charge in [0.25, 0.3) is 0 Å². The van der Waals surface area contributed by atoms with E-state index in [1.165, 1.54) is 0 Å². The van der Waals surface area contributed by atoms with Gasteiger partial charge >= 0.3 is 0 Å². The van der Waals surface area contributed by atoms with E-state index in [0.717, 1.165) is 55.6 Å². The van der Waals surface area contributed by atoms with Gasteiger partial charge in [0, 0.05) is 49.9 Å². The third-order valence-electron chi connectivity index (χ3n) is 3.62. The van der Waals surface area contributed by atoms with Crippen LogP contribution in [0.3, 0.4) is 0 Å². The smallest absolute Gasteiger partial charge is 0.123 e. The lowest BCUT2D eigenvalue weighted by Gasteiger charge is -2.35. The lowest BCUT2D eigenvalue weighted by molar-refractivity contribution is 0.0778. The van der Waals surface area contributed by atoms with Crippen LogP contribution in [0.4, 0.5) is 0 Å². The largest absolute Gasteiger partial charge is 0.496 e. The molecule has 0 aliphatic carbocycles. The first-order chi connectivity index (χ1) is 9.58. The summed E-state index contributed by atoms with van der Waals surface area (Å²) in [6.45, 7) is 7.44. The SMILES string of the molecule is COc1ccc(Cl)cc1CN1CCN(C[C@@H](C)O)CC1. The summed E-state index contributed by atoms with van der Waals surface area (Å²) in [5.74, 6) is 0.890. The van der Waals surface area contributed by atoms with E-state index < -0.39 is 0 Å². The van der Waals surface area contributed by atoms with Crippen LogP contribution >= 0.6 is 11.6 Å². The molecule has 1 heterocycles. The minimum atomic E-state index is -0.255. The number of piperazine rings is 1. The third-order valence-corrected chi connectivity index (χ3v) is 3.86. The average Bonchev–Trinajstić information content (AvgIpc) is 2.41. The van der Waals surface area contributed by atoms with Crippen molar-refractivity contribution in [2.75, 3.05) is 39.8 Å². The van der Waals surface area contributed by atoms with Crippen molar-refractivity contribution in [3.8, 4) is 5.75 Å². The molecular weight excluding hydrogens is 276 g/mol. The van der Waals surface area contributed by atoms with Crippen molar-refractivity contribution in [1.82, 2.24) is 9.80 Å². The normalized spacial score (nSPS) is 19.0. The molecule has 112 valence electrons. The zero-order chi connectivity index (χ0) is 14.5. The minimum absolute atomic E-state index is 0.255. The highest BCUT2D eigenvalue weighted by atomic mass is 35.5. The molecule has 4 nitrogen and oxygen atoms in total. The maximum absolute atomic E-state index is 9.42. The quantitative estimate of drug-likeness (QED) is 0.900. The number of aliphatic hydroxyl groups excluding tert-OH is 1. The van der Waals surface area contributed by atoms with Gasteiger partial charge in [-0.15, -0.1) is 0 Å². The summed E-state index contributed by atoms with van der Waals surface area (Å²) >= 11 is 6.06. The van der Waals surface area contributed by atoms with Crippen LogP contribution in [0.15, 0.2) is 18.2 Å². The van der Waals surface area contributed by atoms with Crippen molar-refractivity contribution in [3.05, 3.63) is 28.8 Å². The molecule has 5 heteroatoms. The van der Waals surface area contributed by atoms with Gasteiger partial charge in [0.05, 0.1) is 13.2 Å². The summed E-state index contributed by atoms with van der Waals surface area (Å²) in [5.41, 5.74) is 1.13. The Morgan fingerprint density at radius 1 is 1.25 bits per heavy atom. The van der Waals surface area contributed by atoms with Crippen LogP contribution in [0.2, 0.25) is 5.02 Å². The molecule has 1 aliphatic rings. The van der Waals surface area contributed by atoms with Gasteiger partial charge in [-0.2, -0.15) is 0 Å². The highest BCUT2D eigenvalue weighted by Gasteiger charge is 2.19. The summed E-state index contributed by atoms with van der Waals surface area (Å²) < 4.78 is 5.39. The van der Waals surface area contributed by atoms with E-state index in [2.05, 4.69) is 9.80 Å². The standard InChI is InChI=1S/C15H23ClN2O2/c1-12(19)10-17-5-7-18(8-6-17)11-13-9-14(16)3-4-15(13)20-2/h3-4,9,12,19H,5-8,10-11H2,1-2H3/t12-/m1/s1. The molecule has 1 atom stereocenters. The first-order valence-corrected chi connectivity index (χ1v) is 7.41. The van der Waals surface area contributed by atoms with Gasteiger partial charge in [0.15, 0.2) is 0 Å². The van der Waals surface area contributed by atoms with Crippen LogP contribution in [-0.2, 0) is 6.54 Å². The Labute approximate surface area is 125 Å². The van der Waals surface area contributed by atoms with E-state index in [0.29, 0.717) is 0 Å². The Morgan fingerprint density at radius 3 is 2.50 bits per heavy atom. The molecule has 0 radical (unpaired) electrons. The summed E-state index contributed by atoms with van der Waals surface area (Å²) in [5, 5.41) is 10.2. The number of ether oxygens (including phenoxy) is 1. The van der Waals surface area contributed by atoms with Gasteiger partial charge in [0.1, 0.15) is 5.75 Å². The molecule has 1 saturated heterocycles. The van der Waals surface area contributed by atoms with Crippen LogP contribution in [0.25, 0.3) is 0 Å². The molecule has 0 unspecified atom stereocenters. The monoisotopic (exact) mass is 298 g/mol. The number of nitrogens with zero attached hydrogens (tertiary/aromatic N) is 2. The van der Waals surface area contributed by atoms with Gasteiger partial charge in [0.2, 0.25) is 0 Å². The van der Waals surface area contributed by atoms with E-state index in [-0.39, 0.29) is 6.10 Å². The Balaban J connectivity index is 1.91. The topological polar surface area (TPSA) is 35.9 Å². The molecular formula is C15H23ClN2O2.